The van der Waals surface area contributed by atoms with Gasteiger partial charge in [-0.25, -0.2) is 4.79 Å². The molecule has 0 bridgehead atoms. The summed E-state index contributed by atoms with van der Waals surface area (Å²) in [4.78, 5) is 14.3. The van der Waals surface area contributed by atoms with Crippen LogP contribution in [0.1, 0.15) is 42.6 Å². The molecule has 1 saturated heterocycles. The number of carbonyl (C=O) groups excluding carboxylic acids is 1. The molecule has 0 saturated carbocycles. The second kappa shape index (κ2) is 6.27. The monoisotopic (exact) mass is 276 g/mol. The summed E-state index contributed by atoms with van der Waals surface area (Å²) in [5.41, 5.74) is 7.90. The molecule has 1 aliphatic heterocycles. The van der Waals surface area contributed by atoms with E-state index in [1.54, 1.807) is 6.07 Å². The number of piperidine rings is 1. The smallest absolute Gasteiger partial charge is 0.340 e. The Bertz CT molecular complexity index is 487. The van der Waals surface area contributed by atoms with Gasteiger partial charge in [0.15, 0.2) is 0 Å². The minimum atomic E-state index is -0.351. The Morgan fingerprint density at radius 3 is 2.85 bits per heavy atom. The van der Waals surface area contributed by atoms with E-state index in [1.165, 1.54) is 20.0 Å². The van der Waals surface area contributed by atoms with Crippen LogP contribution in [0, 0.1) is 5.92 Å². The van der Waals surface area contributed by atoms with Crippen LogP contribution in [0.5, 0.6) is 0 Å². The highest BCUT2D eigenvalue weighted by Gasteiger charge is 2.25. The number of nitrogen functional groups attached to an aromatic ring is 1. The number of carbonyl (C=O) groups is 1. The maximum atomic E-state index is 11.9. The third kappa shape index (κ3) is 3.12. The summed E-state index contributed by atoms with van der Waals surface area (Å²) in [5, 5.41) is 0. The molecule has 110 valence electrons. The summed E-state index contributed by atoms with van der Waals surface area (Å²) in [6.07, 6.45) is 2.41. The van der Waals surface area contributed by atoms with Gasteiger partial charge in [0.2, 0.25) is 0 Å². The molecule has 1 aromatic carbocycles. The first-order valence-electron chi connectivity index (χ1n) is 7.22. The lowest BCUT2D eigenvalue weighted by Gasteiger charge is -2.36. The van der Waals surface area contributed by atoms with Crippen molar-refractivity contribution in [2.45, 2.75) is 39.3 Å². The molecular formula is C16H24N2O2. The van der Waals surface area contributed by atoms with Gasteiger partial charge in [0.25, 0.3) is 0 Å². The number of nitrogens with two attached hydrogens (primary N) is 1. The van der Waals surface area contributed by atoms with E-state index in [1.807, 2.05) is 12.1 Å². The van der Waals surface area contributed by atoms with Crippen LogP contribution in [-0.2, 0) is 11.3 Å². The average Bonchev–Trinajstić information content (AvgIpc) is 2.41. The largest absolute Gasteiger partial charge is 0.465 e. The van der Waals surface area contributed by atoms with Crippen molar-refractivity contribution in [3.8, 4) is 0 Å². The summed E-state index contributed by atoms with van der Waals surface area (Å²) in [6, 6.07) is 6.14. The topological polar surface area (TPSA) is 55.6 Å². The number of ether oxygens (including phenoxy) is 1. The third-order valence-corrected chi connectivity index (χ3v) is 4.22. The van der Waals surface area contributed by atoms with Crippen LogP contribution in [0.15, 0.2) is 18.2 Å². The molecule has 2 N–H and O–H groups in total. The molecule has 2 unspecified atom stereocenters. The molecule has 0 radical (unpaired) electrons. The quantitative estimate of drug-likeness (QED) is 0.681. The summed E-state index contributed by atoms with van der Waals surface area (Å²) < 4.78 is 4.85. The molecule has 0 spiro atoms. The average molecular weight is 276 g/mol. The summed E-state index contributed by atoms with van der Waals surface area (Å²) >= 11 is 0. The molecule has 0 amide bonds. The van der Waals surface area contributed by atoms with Gasteiger partial charge in [-0.15, -0.1) is 0 Å². The van der Waals surface area contributed by atoms with Crippen LogP contribution in [0.3, 0.4) is 0 Å². The number of esters is 1. The highest BCUT2D eigenvalue weighted by Crippen LogP contribution is 2.26. The molecule has 2 rings (SSSR count). The number of benzene rings is 1. The van der Waals surface area contributed by atoms with E-state index in [9.17, 15) is 4.79 Å². The van der Waals surface area contributed by atoms with E-state index < -0.39 is 0 Å². The number of rotatable bonds is 3. The van der Waals surface area contributed by atoms with Crippen LogP contribution >= 0.6 is 0 Å². The molecule has 1 aromatic rings. The molecule has 4 heteroatoms. The van der Waals surface area contributed by atoms with E-state index >= 15 is 0 Å². The maximum absolute atomic E-state index is 11.9. The molecule has 4 nitrogen and oxygen atoms in total. The van der Waals surface area contributed by atoms with Crippen molar-refractivity contribution >= 4 is 11.7 Å². The fourth-order valence-corrected chi connectivity index (χ4v) is 3.01. The highest BCUT2D eigenvalue weighted by atomic mass is 16.5. The number of hydrogen-bond donors (Lipinski definition) is 1. The van der Waals surface area contributed by atoms with Gasteiger partial charge in [-0.2, -0.15) is 0 Å². The molecular weight excluding hydrogens is 252 g/mol. The predicted octanol–water partition coefficient (Wildman–Crippen LogP) is 2.68. The molecule has 20 heavy (non-hydrogen) atoms. The number of hydrogen-bond acceptors (Lipinski definition) is 4. The van der Waals surface area contributed by atoms with Gasteiger partial charge in [0, 0.05) is 18.3 Å². The zero-order valence-electron chi connectivity index (χ0n) is 12.6. The zero-order valence-corrected chi connectivity index (χ0v) is 12.6. The highest BCUT2D eigenvalue weighted by molar-refractivity contribution is 5.96. The van der Waals surface area contributed by atoms with Crippen molar-refractivity contribution in [2.75, 3.05) is 19.4 Å². The number of anilines is 1. The van der Waals surface area contributed by atoms with Crippen molar-refractivity contribution in [3.05, 3.63) is 29.3 Å². The van der Waals surface area contributed by atoms with Crippen LogP contribution in [0.4, 0.5) is 5.69 Å². The first-order chi connectivity index (χ1) is 9.52. The lowest BCUT2D eigenvalue weighted by Crippen LogP contribution is -2.39. The van der Waals surface area contributed by atoms with Crippen LogP contribution in [0.2, 0.25) is 0 Å². The van der Waals surface area contributed by atoms with Gasteiger partial charge in [-0.1, -0.05) is 19.1 Å². The van der Waals surface area contributed by atoms with Gasteiger partial charge in [0.1, 0.15) is 0 Å². The van der Waals surface area contributed by atoms with Gasteiger partial charge < -0.3 is 10.5 Å². The Morgan fingerprint density at radius 1 is 1.45 bits per heavy atom. The number of likely N-dealkylation sites (tertiary alicyclic amines) is 1. The van der Waals surface area contributed by atoms with Crippen molar-refractivity contribution in [3.63, 3.8) is 0 Å². The second-order valence-electron chi connectivity index (χ2n) is 5.82. The third-order valence-electron chi connectivity index (χ3n) is 4.22. The number of methoxy groups -OCH3 is 1. The molecule has 0 aromatic heterocycles. The summed E-state index contributed by atoms with van der Waals surface area (Å²) in [7, 11) is 1.39. The minimum Gasteiger partial charge on any atom is -0.465 e. The van der Waals surface area contributed by atoms with Gasteiger partial charge in [0.05, 0.1) is 12.7 Å². The lowest BCUT2D eigenvalue weighted by molar-refractivity contribution is 0.0597. The fourth-order valence-electron chi connectivity index (χ4n) is 3.01. The Kier molecular flexibility index (Phi) is 4.65. The lowest BCUT2D eigenvalue weighted by atomic mass is 9.92. The van der Waals surface area contributed by atoms with Crippen LogP contribution in [-0.4, -0.2) is 30.6 Å². The first kappa shape index (κ1) is 14.9. The molecule has 2 atom stereocenters. The first-order valence-corrected chi connectivity index (χ1v) is 7.22. The predicted molar refractivity (Wildman–Crippen MR) is 80.5 cm³/mol. The minimum absolute atomic E-state index is 0.351. The SMILES string of the molecule is COC(=O)c1c(N)cccc1CN1CCC(C)CC1C. The molecule has 1 aliphatic rings. The van der Waals surface area contributed by atoms with E-state index in [0.29, 0.717) is 17.3 Å². The zero-order chi connectivity index (χ0) is 14.7. The number of nitrogens with zero attached hydrogens (tertiary/aromatic N) is 1. The normalized spacial score (nSPS) is 23.6. The van der Waals surface area contributed by atoms with E-state index in [-0.39, 0.29) is 5.97 Å². The van der Waals surface area contributed by atoms with Gasteiger partial charge >= 0.3 is 5.97 Å². The van der Waals surface area contributed by atoms with Crippen LogP contribution < -0.4 is 5.73 Å². The summed E-state index contributed by atoms with van der Waals surface area (Å²) in [6.45, 7) is 6.37. The van der Waals surface area contributed by atoms with Crippen molar-refractivity contribution in [2.24, 2.45) is 5.92 Å². The summed E-state index contributed by atoms with van der Waals surface area (Å²) in [5.74, 6) is 0.429. The van der Waals surface area contributed by atoms with Crippen LogP contribution in [0.25, 0.3) is 0 Å². The van der Waals surface area contributed by atoms with Crippen molar-refractivity contribution in [1.29, 1.82) is 0 Å². The Morgan fingerprint density at radius 2 is 2.20 bits per heavy atom. The second-order valence-corrected chi connectivity index (χ2v) is 5.82. The molecule has 1 heterocycles. The van der Waals surface area contributed by atoms with E-state index in [0.717, 1.165) is 24.6 Å². The Labute approximate surface area is 120 Å². The van der Waals surface area contributed by atoms with Crippen molar-refractivity contribution in [1.82, 2.24) is 4.90 Å². The van der Waals surface area contributed by atoms with E-state index in [4.69, 9.17) is 10.5 Å². The Balaban J connectivity index is 2.21. The molecule has 1 fully saturated rings. The fraction of sp³-hybridized carbons (Fsp3) is 0.562. The maximum Gasteiger partial charge on any atom is 0.340 e. The standard InChI is InChI=1S/C16H24N2O2/c1-11-7-8-18(12(2)9-11)10-13-5-4-6-14(17)15(13)16(19)20-3/h4-6,11-12H,7-10,17H2,1-3H3. The van der Waals surface area contributed by atoms with Crippen molar-refractivity contribution < 1.29 is 9.53 Å². The Hall–Kier alpha value is -1.55. The van der Waals surface area contributed by atoms with E-state index in [2.05, 4.69) is 18.7 Å². The molecule has 0 aliphatic carbocycles. The van der Waals surface area contributed by atoms with Gasteiger partial charge in [-0.3, -0.25) is 4.90 Å². The van der Waals surface area contributed by atoms with Gasteiger partial charge in [-0.05, 0) is 43.9 Å².